The molecule has 2 fully saturated rings. The summed E-state index contributed by atoms with van der Waals surface area (Å²) in [5, 5.41) is 33.4. The van der Waals surface area contributed by atoms with Crippen molar-refractivity contribution in [3.05, 3.63) is 112 Å². The van der Waals surface area contributed by atoms with Crippen LogP contribution in [-0.4, -0.2) is 173 Å². The number of aromatic nitrogens is 4. The molecule has 0 spiro atoms. The predicted molar refractivity (Wildman–Crippen MR) is 310 cm³/mol. The molecule has 4 amide bonds. The van der Waals surface area contributed by atoms with Crippen LogP contribution in [0.3, 0.4) is 0 Å². The molecule has 5 heterocycles. The van der Waals surface area contributed by atoms with Gasteiger partial charge in [0.2, 0.25) is 29.6 Å². The van der Waals surface area contributed by atoms with Crippen molar-refractivity contribution in [3.8, 4) is 27.3 Å². The van der Waals surface area contributed by atoms with E-state index in [0.29, 0.717) is 71.7 Å². The normalized spacial score (nSPS) is 16.2. The zero-order valence-electron chi connectivity index (χ0n) is 46.5. The van der Waals surface area contributed by atoms with Crippen molar-refractivity contribution < 1.29 is 52.5 Å². The van der Waals surface area contributed by atoms with Gasteiger partial charge in [-0.1, -0.05) is 65.3 Å². The van der Waals surface area contributed by atoms with Crippen LogP contribution in [0.15, 0.2) is 82.8 Å². The van der Waals surface area contributed by atoms with E-state index in [2.05, 4.69) is 25.8 Å². The Morgan fingerprint density at radius 1 is 0.927 bits per heavy atom. The van der Waals surface area contributed by atoms with Crippen LogP contribution >= 0.6 is 22.9 Å². The third kappa shape index (κ3) is 14.1. The number of aromatic hydroxyl groups is 1. The summed E-state index contributed by atoms with van der Waals surface area (Å²) in [6.45, 7) is 10.9. The molecule has 20 nitrogen and oxygen atoms in total. The van der Waals surface area contributed by atoms with Crippen molar-refractivity contribution in [2.45, 2.75) is 71.1 Å². The van der Waals surface area contributed by atoms with Gasteiger partial charge in [0, 0.05) is 96.2 Å². The summed E-state index contributed by atoms with van der Waals surface area (Å²) in [5.74, 6) is -1.59. The Kier molecular flexibility index (Phi) is 19.6. The number of carbonyl (C=O) groups is 4. The zero-order valence-corrected chi connectivity index (χ0v) is 48.1. The van der Waals surface area contributed by atoms with E-state index in [0.717, 1.165) is 21.7 Å². The molecular formula is C59H68ClFN10O10S. The maximum absolute atomic E-state index is 17.0. The fraction of sp³-hybridized carbons (Fsp3) is 0.424. The molecular weight excluding hydrogens is 1100 g/mol. The SMILES string of the molecule is CC(=O)N1CCN(c2nc(NCCC(=O)N(C)CCOCCOCCOCCC(C(=O)N3C[C@H](O)C[C@H]3C(=O)N[C@@H](C)c3ccc(-c4scnc4C)cc3)c3cc(C)no3)nc3c(F)c(-c4cc(O)cc5ccccc45)c(Cl)cc23)CC1. The number of amides is 4. The van der Waals surface area contributed by atoms with Gasteiger partial charge in [0.25, 0.3) is 0 Å². The van der Waals surface area contributed by atoms with Gasteiger partial charge in [-0.15, -0.1) is 11.3 Å². The molecule has 4 atom stereocenters. The molecule has 2 aliphatic heterocycles. The van der Waals surface area contributed by atoms with Gasteiger partial charge < -0.3 is 59.2 Å². The molecule has 1 unspecified atom stereocenters. The van der Waals surface area contributed by atoms with E-state index in [1.54, 1.807) is 53.3 Å². The average molecular weight is 1160 g/mol. The van der Waals surface area contributed by atoms with Gasteiger partial charge in [-0.2, -0.15) is 4.98 Å². The molecule has 3 aromatic heterocycles. The summed E-state index contributed by atoms with van der Waals surface area (Å²) in [6, 6.07) is 20.4. The summed E-state index contributed by atoms with van der Waals surface area (Å²) in [7, 11) is 1.68. The Bertz CT molecular complexity index is 3390. The average Bonchev–Trinajstić information content (AvgIpc) is 4.23. The Morgan fingerprint density at radius 2 is 1.65 bits per heavy atom. The number of phenolic OH excluding ortho intramolecular Hbond substituents is 1. The topological polar surface area (TPSA) is 238 Å². The number of hydrogen-bond acceptors (Lipinski definition) is 17. The standard InChI is InChI=1S/C59H68ClFN10O10S/c1-35-28-50(81-67-35)45(58(77)71-33-43(74)31-49(71)57(76)64-36(2)39-10-12-40(13-11-39)55-37(3)63-34-82-55)15-22-78-24-26-80-27-25-79-23-21-68(5)51(75)14-16-62-59-65-54-47(56(66-59)70-19-17-69(18-20-70)38(4)72)32-48(60)52(53(54)61)46-30-42(73)29-41-8-6-7-9-44(41)46/h6-13,28-30,32,34,36,43,45,49,73-74H,14-27,31,33H2,1-5H3,(H,64,76)(H,62,65,66)/t36-,43+,45?,49-/m0/s1. The molecule has 434 valence electrons. The first-order valence-electron chi connectivity index (χ1n) is 27.4. The number of piperazine rings is 1. The number of carbonyl (C=O) groups excluding carboxylic acids is 4. The summed E-state index contributed by atoms with van der Waals surface area (Å²) in [6.07, 6.45) is -0.463. The maximum Gasteiger partial charge on any atom is 0.243 e. The highest BCUT2D eigenvalue weighted by molar-refractivity contribution is 7.13. The Hall–Kier alpha value is -7.34. The van der Waals surface area contributed by atoms with Crippen LogP contribution in [0.4, 0.5) is 16.2 Å². The van der Waals surface area contributed by atoms with Gasteiger partial charge in [0.15, 0.2) is 5.82 Å². The lowest BCUT2D eigenvalue weighted by Crippen LogP contribution is -2.48. The number of β-amino-alcohol motifs (C(OH)–C–C–N with tert-alkyl or cyclic N) is 1. The number of phenols is 1. The van der Waals surface area contributed by atoms with Crippen LogP contribution in [0.2, 0.25) is 5.02 Å². The quantitative estimate of drug-likeness (QED) is 0.0425. The summed E-state index contributed by atoms with van der Waals surface area (Å²) >= 11 is 8.45. The molecule has 0 radical (unpaired) electrons. The lowest BCUT2D eigenvalue weighted by atomic mass is 9.96. The Balaban J connectivity index is 0.707. The molecule has 4 aromatic carbocycles. The minimum Gasteiger partial charge on any atom is -0.508 e. The number of benzene rings is 4. The van der Waals surface area contributed by atoms with E-state index in [9.17, 15) is 29.4 Å². The number of nitrogens with zero attached hydrogens (tertiary/aromatic N) is 8. The number of fused-ring (bicyclic) bond motifs is 2. The van der Waals surface area contributed by atoms with Crippen molar-refractivity contribution in [3.63, 3.8) is 0 Å². The molecule has 0 aliphatic carbocycles. The minimum atomic E-state index is -0.885. The second-order valence-electron chi connectivity index (χ2n) is 20.6. The highest BCUT2D eigenvalue weighted by Gasteiger charge is 2.43. The number of thiazole rings is 1. The van der Waals surface area contributed by atoms with Crippen molar-refractivity contribution in [2.24, 2.45) is 0 Å². The third-order valence-corrected chi connectivity index (χ3v) is 16.1. The number of aliphatic hydroxyl groups is 1. The second-order valence-corrected chi connectivity index (χ2v) is 21.8. The van der Waals surface area contributed by atoms with E-state index in [1.165, 1.54) is 17.9 Å². The lowest BCUT2D eigenvalue weighted by Gasteiger charge is -2.35. The fourth-order valence-electron chi connectivity index (χ4n) is 10.4. The van der Waals surface area contributed by atoms with Gasteiger partial charge in [-0.05, 0) is 72.9 Å². The van der Waals surface area contributed by atoms with Crippen molar-refractivity contribution in [2.75, 3.05) is 103 Å². The minimum absolute atomic E-state index is 0.00156. The van der Waals surface area contributed by atoms with Gasteiger partial charge >= 0.3 is 0 Å². The zero-order chi connectivity index (χ0) is 58.0. The van der Waals surface area contributed by atoms with E-state index in [-0.39, 0.29) is 129 Å². The number of nitrogens with one attached hydrogen (secondary N) is 2. The second kappa shape index (κ2) is 27.2. The number of likely N-dealkylation sites (N-methyl/N-ethyl adjacent to an activating group) is 1. The molecule has 2 aliphatic rings. The van der Waals surface area contributed by atoms with Crippen LogP contribution < -0.4 is 15.5 Å². The third-order valence-electron chi connectivity index (χ3n) is 14.8. The first-order valence-corrected chi connectivity index (χ1v) is 28.7. The number of aliphatic hydroxyl groups excluding tert-OH is 1. The van der Waals surface area contributed by atoms with E-state index in [1.807, 2.05) is 72.8 Å². The van der Waals surface area contributed by atoms with Crippen molar-refractivity contribution >= 4 is 80.0 Å². The number of likely N-dealkylation sites (tertiary alicyclic amines) is 1. The van der Waals surface area contributed by atoms with Crippen molar-refractivity contribution in [1.29, 1.82) is 0 Å². The smallest absolute Gasteiger partial charge is 0.243 e. The van der Waals surface area contributed by atoms with Gasteiger partial charge in [-0.25, -0.2) is 14.4 Å². The number of aryl methyl sites for hydroxylation is 2. The molecule has 82 heavy (non-hydrogen) atoms. The molecule has 0 saturated carbocycles. The van der Waals surface area contributed by atoms with E-state index >= 15 is 4.39 Å². The molecule has 7 aromatic rings. The van der Waals surface area contributed by atoms with Crippen LogP contribution in [0.5, 0.6) is 5.75 Å². The first-order chi connectivity index (χ1) is 39.5. The summed E-state index contributed by atoms with van der Waals surface area (Å²) in [5.41, 5.74) is 5.80. The number of rotatable bonds is 24. The van der Waals surface area contributed by atoms with E-state index < -0.39 is 23.9 Å². The Labute approximate surface area is 483 Å². The van der Waals surface area contributed by atoms with E-state index in [4.69, 9.17) is 35.3 Å². The molecule has 2 saturated heterocycles. The van der Waals surface area contributed by atoms with Crippen LogP contribution in [0.1, 0.15) is 67.8 Å². The number of hydrogen-bond donors (Lipinski definition) is 4. The van der Waals surface area contributed by atoms with Crippen molar-refractivity contribution in [1.82, 2.24) is 40.1 Å². The van der Waals surface area contributed by atoms with Crippen LogP contribution in [0.25, 0.3) is 43.2 Å². The number of halogens is 2. The molecule has 23 heteroatoms. The monoisotopic (exact) mass is 1160 g/mol. The van der Waals surface area contributed by atoms with Gasteiger partial charge in [0.1, 0.15) is 34.8 Å². The first kappa shape index (κ1) is 59.3. The number of ether oxygens (including phenoxy) is 3. The highest BCUT2D eigenvalue weighted by atomic mass is 35.5. The van der Waals surface area contributed by atoms with Gasteiger partial charge in [0.05, 0.1) is 72.0 Å². The highest BCUT2D eigenvalue weighted by Crippen LogP contribution is 2.43. The van der Waals surface area contributed by atoms with Crippen LogP contribution in [-0.2, 0) is 33.4 Å². The molecule has 9 rings (SSSR count). The van der Waals surface area contributed by atoms with Gasteiger partial charge in [-0.3, -0.25) is 19.2 Å². The molecule has 4 N–H and O–H groups in total. The Morgan fingerprint density at radius 3 is 2.34 bits per heavy atom. The summed E-state index contributed by atoms with van der Waals surface area (Å²) in [4.78, 5) is 74.8. The predicted octanol–water partition coefficient (Wildman–Crippen LogP) is 7.67. The van der Waals surface area contributed by atoms with Crippen LogP contribution in [0, 0.1) is 19.7 Å². The fourth-order valence-corrected chi connectivity index (χ4v) is 11.5. The largest absolute Gasteiger partial charge is 0.508 e. The lowest BCUT2D eigenvalue weighted by molar-refractivity contribution is -0.140. The maximum atomic E-state index is 17.0. The molecule has 0 bridgehead atoms. The summed E-state index contributed by atoms with van der Waals surface area (Å²) < 4.78 is 39.9. The number of anilines is 2.